The Labute approximate surface area is 133 Å². The Morgan fingerprint density at radius 3 is 2.52 bits per heavy atom. The van der Waals surface area contributed by atoms with Gasteiger partial charge in [0.1, 0.15) is 0 Å². The zero-order valence-electron chi connectivity index (χ0n) is 13.6. The maximum Gasteiger partial charge on any atom is 0.193 e. The monoisotopic (exact) mass is 316 g/mol. The van der Waals surface area contributed by atoms with Crippen molar-refractivity contribution in [2.24, 2.45) is 0 Å². The number of hydrogen-bond donors (Lipinski definition) is 0. The van der Waals surface area contributed by atoms with E-state index in [0.717, 1.165) is 6.42 Å². The third kappa shape index (κ3) is 4.20. The average Bonchev–Trinajstić information content (AvgIpc) is 2.79. The second kappa shape index (κ2) is 6.35. The smallest absolute Gasteiger partial charge is 0.193 e. The first kappa shape index (κ1) is 16.3. The van der Waals surface area contributed by atoms with E-state index in [1.807, 2.05) is 11.3 Å². The van der Waals surface area contributed by atoms with Gasteiger partial charge in [-0.25, -0.2) is 0 Å². The first-order chi connectivity index (χ1) is 9.79. The molecule has 0 radical (unpaired) electrons. The number of fused-ring (bicyclic) bond motifs is 1. The topological polar surface area (TPSA) is 9.23 Å². The highest BCUT2D eigenvalue weighted by Gasteiger charge is 2.36. The van der Waals surface area contributed by atoms with E-state index in [9.17, 15) is 0 Å². The molecular weight excluding hydrogens is 292 g/mol. The Morgan fingerprint density at radius 2 is 1.86 bits per heavy atom. The Hall–Kier alpha value is -1.08. The molecule has 1 aromatic carbocycles. The van der Waals surface area contributed by atoms with Gasteiger partial charge in [-0.3, -0.25) is 0 Å². The third-order valence-electron chi connectivity index (χ3n) is 4.18. The molecule has 1 nitrogen and oxygen atoms in total. The first-order valence-electron chi connectivity index (χ1n) is 7.37. The van der Waals surface area contributed by atoms with Crippen LogP contribution in [0.2, 0.25) is 18.1 Å². The molecule has 2 rings (SSSR count). The fourth-order valence-electron chi connectivity index (χ4n) is 1.76. The minimum absolute atomic E-state index is 0.250. The van der Waals surface area contributed by atoms with E-state index < -0.39 is 8.32 Å². The van der Waals surface area contributed by atoms with Crippen LogP contribution in [0.3, 0.4) is 0 Å². The number of benzene rings is 1. The lowest BCUT2D eigenvalue weighted by molar-refractivity contribution is 0.334. The van der Waals surface area contributed by atoms with Crippen LogP contribution in [0, 0.1) is 11.8 Å². The number of hydrogen-bond acceptors (Lipinski definition) is 2. The minimum Gasteiger partial charge on any atom is -0.406 e. The molecule has 0 aliphatic rings. The van der Waals surface area contributed by atoms with Gasteiger partial charge in [-0.15, -0.1) is 11.3 Å². The Kier molecular flexibility index (Phi) is 4.93. The van der Waals surface area contributed by atoms with Crippen LogP contribution in [0.5, 0.6) is 0 Å². The van der Waals surface area contributed by atoms with E-state index in [2.05, 4.69) is 76.0 Å². The maximum atomic E-state index is 6.06. The summed E-state index contributed by atoms with van der Waals surface area (Å²) < 4.78 is 7.40. The van der Waals surface area contributed by atoms with Crippen LogP contribution in [-0.4, -0.2) is 14.9 Å². The Balaban J connectivity index is 1.90. The lowest BCUT2D eigenvalue weighted by atomic mass is 10.2. The fourth-order valence-corrected chi connectivity index (χ4v) is 3.63. The van der Waals surface area contributed by atoms with Crippen molar-refractivity contribution in [3.05, 3.63) is 35.2 Å². The molecule has 1 heterocycles. The summed E-state index contributed by atoms with van der Waals surface area (Å²) in [6, 6.07) is 10.7. The zero-order valence-corrected chi connectivity index (χ0v) is 15.4. The summed E-state index contributed by atoms with van der Waals surface area (Å²) in [5.74, 6) is 6.42. The highest BCUT2D eigenvalue weighted by Crippen LogP contribution is 2.36. The van der Waals surface area contributed by atoms with Crippen molar-refractivity contribution in [3.63, 3.8) is 0 Å². The van der Waals surface area contributed by atoms with Gasteiger partial charge in [0.25, 0.3) is 0 Å². The van der Waals surface area contributed by atoms with Gasteiger partial charge in [0.15, 0.2) is 8.32 Å². The van der Waals surface area contributed by atoms with E-state index in [0.29, 0.717) is 6.61 Å². The standard InChI is InChI=1S/C18H24OSSi/c1-18(2,3)21(4,5)19-13-9-8-11-16-14-15-10-6-7-12-17(15)20-16/h6-7,10,12,14H,11,13H2,1-5H3. The van der Waals surface area contributed by atoms with Gasteiger partial charge in [0.05, 0.1) is 6.61 Å². The lowest BCUT2D eigenvalue weighted by Crippen LogP contribution is -2.40. The van der Waals surface area contributed by atoms with Gasteiger partial charge in [-0.2, -0.15) is 0 Å². The van der Waals surface area contributed by atoms with Gasteiger partial charge in [-0.05, 0) is 35.7 Å². The van der Waals surface area contributed by atoms with Gasteiger partial charge >= 0.3 is 0 Å². The molecule has 2 aromatic rings. The molecule has 112 valence electrons. The summed E-state index contributed by atoms with van der Waals surface area (Å²) in [4.78, 5) is 1.33. The Bertz CT molecular complexity index is 635. The number of rotatable bonds is 3. The average molecular weight is 317 g/mol. The molecule has 0 aliphatic heterocycles. The van der Waals surface area contributed by atoms with E-state index in [1.165, 1.54) is 15.0 Å². The third-order valence-corrected chi connectivity index (χ3v) is 9.77. The van der Waals surface area contributed by atoms with E-state index in [1.54, 1.807) is 0 Å². The predicted octanol–water partition coefficient (Wildman–Crippen LogP) is 5.47. The van der Waals surface area contributed by atoms with Crippen LogP contribution < -0.4 is 0 Å². The van der Waals surface area contributed by atoms with Crippen molar-refractivity contribution < 1.29 is 4.43 Å². The Morgan fingerprint density at radius 1 is 1.14 bits per heavy atom. The maximum absolute atomic E-state index is 6.06. The van der Waals surface area contributed by atoms with Gasteiger partial charge in [0.2, 0.25) is 0 Å². The predicted molar refractivity (Wildman–Crippen MR) is 96.5 cm³/mol. The van der Waals surface area contributed by atoms with Gasteiger partial charge in [0, 0.05) is 16.0 Å². The molecule has 0 saturated carbocycles. The van der Waals surface area contributed by atoms with Crippen LogP contribution in [-0.2, 0) is 10.8 Å². The molecule has 21 heavy (non-hydrogen) atoms. The zero-order chi connectivity index (χ0) is 15.5. The molecule has 1 aromatic heterocycles. The summed E-state index contributed by atoms with van der Waals surface area (Å²) in [6.45, 7) is 11.8. The summed E-state index contributed by atoms with van der Waals surface area (Å²) in [6.07, 6.45) is 0.820. The van der Waals surface area contributed by atoms with Crippen molar-refractivity contribution in [3.8, 4) is 11.8 Å². The first-order valence-corrected chi connectivity index (χ1v) is 11.1. The minimum atomic E-state index is -1.66. The van der Waals surface area contributed by atoms with Crippen LogP contribution in [0.15, 0.2) is 30.3 Å². The summed E-state index contributed by atoms with van der Waals surface area (Å²) in [7, 11) is -1.66. The summed E-state index contributed by atoms with van der Waals surface area (Å²) >= 11 is 1.83. The molecule has 0 unspecified atom stereocenters. The summed E-state index contributed by atoms with van der Waals surface area (Å²) in [5.41, 5.74) is 0. The van der Waals surface area contributed by atoms with Crippen molar-refractivity contribution >= 4 is 29.7 Å². The lowest BCUT2D eigenvalue weighted by Gasteiger charge is -2.35. The number of thiophene rings is 1. The quantitative estimate of drug-likeness (QED) is 0.539. The molecule has 0 spiro atoms. The van der Waals surface area contributed by atoms with Crippen molar-refractivity contribution in [1.82, 2.24) is 0 Å². The van der Waals surface area contributed by atoms with Crippen LogP contribution >= 0.6 is 11.3 Å². The molecule has 0 N–H and O–H groups in total. The molecule has 0 fully saturated rings. The normalized spacial score (nSPS) is 12.2. The highest BCUT2D eigenvalue weighted by atomic mass is 32.1. The molecule has 0 amide bonds. The molecule has 0 atom stereocenters. The summed E-state index contributed by atoms with van der Waals surface area (Å²) in [5, 5.41) is 1.57. The molecule has 0 bridgehead atoms. The second-order valence-corrected chi connectivity index (χ2v) is 12.8. The van der Waals surface area contributed by atoms with Gasteiger partial charge in [-0.1, -0.05) is 50.8 Å². The van der Waals surface area contributed by atoms with E-state index in [4.69, 9.17) is 4.43 Å². The van der Waals surface area contributed by atoms with E-state index in [-0.39, 0.29) is 5.04 Å². The highest BCUT2D eigenvalue weighted by molar-refractivity contribution is 7.19. The molecular formula is C18H24OSSi. The molecule has 0 saturated heterocycles. The SMILES string of the molecule is CC(C)(C)[Si](C)(C)OCC#CCc1cc2ccccc2s1. The second-order valence-electron chi connectivity index (χ2n) is 6.83. The van der Waals surface area contributed by atoms with Crippen molar-refractivity contribution in [1.29, 1.82) is 0 Å². The van der Waals surface area contributed by atoms with Crippen molar-refractivity contribution in [2.75, 3.05) is 6.61 Å². The van der Waals surface area contributed by atoms with Crippen LogP contribution in [0.1, 0.15) is 25.6 Å². The molecule has 0 aliphatic carbocycles. The largest absolute Gasteiger partial charge is 0.406 e. The van der Waals surface area contributed by atoms with E-state index >= 15 is 0 Å². The fraction of sp³-hybridized carbons (Fsp3) is 0.444. The van der Waals surface area contributed by atoms with Gasteiger partial charge < -0.3 is 4.43 Å². The van der Waals surface area contributed by atoms with Crippen LogP contribution in [0.4, 0.5) is 0 Å². The van der Waals surface area contributed by atoms with Crippen molar-refractivity contribution in [2.45, 2.75) is 45.3 Å². The molecule has 3 heteroatoms. The van der Waals surface area contributed by atoms with Crippen LogP contribution in [0.25, 0.3) is 10.1 Å².